The largest absolute Gasteiger partial charge is 0.493 e. The van der Waals surface area contributed by atoms with Crippen molar-refractivity contribution in [1.82, 2.24) is 4.57 Å². The molecule has 0 amide bonds. The van der Waals surface area contributed by atoms with Crippen molar-refractivity contribution in [2.75, 3.05) is 20.8 Å². The van der Waals surface area contributed by atoms with Gasteiger partial charge in [-0.3, -0.25) is 9.36 Å². The lowest BCUT2D eigenvalue weighted by molar-refractivity contribution is -0.138. The molecular weight excluding hydrogens is 873 g/mol. The van der Waals surface area contributed by atoms with Gasteiger partial charge in [0, 0.05) is 11.1 Å². The van der Waals surface area contributed by atoms with Crippen LogP contribution in [0.3, 0.4) is 0 Å². The molecule has 1 aliphatic heterocycles. The average molecular weight is 903 g/mol. The van der Waals surface area contributed by atoms with Crippen LogP contribution in [0.1, 0.15) is 35.2 Å². The van der Waals surface area contributed by atoms with Gasteiger partial charge < -0.3 is 18.9 Å². The molecule has 0 spiro atoms. The monoisotopic (exact) mass is 902 g/mol. The number of hydrogen-bond donors (Lipinski definition) is 0. The molecule has 0 saturated heterocycles. The Kier molecular flexibility index (Phi) is 10.8. The Labute approximate surface area is 312 Å². The van der Waals surface area contributed by atoms with Gasteiger partial charge in [-0.1, -0.05) is 65.9 Å². The number of fused-ring (bicyclic) bond motifs is 1. The quantitative estimate of drug-likeness (QED) is 0.112. The van der Waals surface area contributed by atoms with Gasteiger partial charge in [0.25, 0.3) is 5.56 Å². The molecular formula is C37H29FI2N2O6S. The van der Waals surface area contributed by atoms with Crippen molar-refractivity contribution in [2.45, 2.75) is 19.6 Å². The number of benzene rings is 4. The minimum absolute atomic E-state index is 0.0827. The average Bonchev–Trinajstić information content (AvgIpc) is 3.41. The summed E-state index contributed by atoms with van der Waals surface area (Å²) in [5.41, 5.74) is 2.91. The number of thiazole rings is 1. The number of carbonyl (C=O) groups excluding carboxylic acids is 1. The summed E-state index contributed by atoms with van der Waals surface area (Å²) in [5.74, 6) is 0.684. The van der Waals surface area contributed by atoms with Crippen molar-refractivity contribution >= 4 is 74.3 Å². The molecule has 0 N–H and O–H groups in total. The van der Waals surface area contributed by atoms with Crippen molar-refractivity contribution < 1.29 is 28.1 Å². The first-order valence-corrected chi connectivity index (χ1v) is 18.1. The lowest BCUT2D eigenvalue weighted by atomic mass is 9.93. The molecule has 0 unspecified atom stereocenters. The smallest absolute Gasteiger partial charge is 0.338 e. The van der Waals surface area contributed by atoms with E-state index < -0.39 is 12.0 Å². The summed E-state index contributed by atoms with van der Waals surface area (Å²) in [6, 6.07) is 24.1. The molecule has 0 radical (unpaired) electrons. The number of rotatable bonds is 10. The molecule has 1 aliphatic rings. The van der Waals surface area contributed by atoms with Gasteiger partial charge in [-0.25, -0.2) is 14.2 Å². The highest BCUT2D eigenvalue weighted by molar-refractivity contribution is 14.1. The van der Waals surface area contributed by atoms with E-state index in [4.69, 9.17) is 23.9 Å². The second kappa shape index (κ2) is 15.3. The van der Waals surface area contributed by atoms with Crippen molar-refractivity contribution in [3.05, 3.63) is 145 Å². The van der Waals surface area contributed by atoms with E-state index in [0.717, 1.165) is 12.7 Å². The lowest BCUT2D eigenvalue weighted by Gasteiger charge is -2.26. The number of halogens is 3. The minimum Gasteiger partial charge on any atom is -0.493 e. The molecule has 250 valence electrons. The van der Waals surface area contributed by atoms with Crippen molar-refractivity contribution in [3.63, 3.8) is 0 Å². The van der Waals surface area contributed by atoms with E-state index in [1.807, 2.05) is 42.5 Å². The van der Waals surface area contributed by atoms with E-state index >= 15 is 0 Å². The standard InChI is InChI=1S/C37H29FI2N2O6S/c1-4-47-36(44)31-32(22-10-6-5-7-11-22)41-37-42(33(31)23-14-15-28(45-2)29(19-23)46-3)35(43)30(49-37)18-21-16-26(39)34(27(40)17-21)48-20-24-12-8-9-13-25(24)38/h5-19,33H,4,20H2,1-3H3/b30-18-/t33-/m1/s1. The van der Waals surface area contributed by atoms with Crippen molar-refractivity contribution in [1.29, 1.82) is 0 Å². The maximum Gasteiger partial charge on any atom is 0.338 e. The third-order valence-electron chi connectivity index (χ3n) is 7.75. The highest BCUT2D eigenvalue weighted by atomic mass is 127. The molecule has 0 bridgehead atoms. The predicted molar refractivity (Wildman–Crippen MR) is 203 cm³/mol. The topological polar surface area (TPSA) is 88.4 Å². The van der Waals surface area contributed by atoms with Crippen LogP contribution in [0.2, 0.25) is 0 Å². The zero-order valence-corrected chi connectivity index (χ0v) is 31.7. The van der Waals surface area contributed by atoms with Crippen LogP contribution in [0, 0.1) is 13.0 Å². The van der Waals surface area contributed by atoms with Crippen molar-refractivity contribution in [3.8, 4) is 17.2 Å². The molecule has 0 saturated carbocycles. The van der Waals surface area contributed by atoms with E-state index in [9.17, 15) is 14.0 Å². The summed E-state index contributed by atoms with van der Waals surface area (Å²) in [4.78, 5) is 33.5. The number of esters is 1. The van der Waals surface area contributed by atoms with E-state index in [1.165, 1.54) is 29.1 Å². The van der Waals surface area contributed by atoms with E-state index in [-0.39, 0.29) is 30.2 Å². The molecule has 2 heterocycles. The first kappa shape index (κ1) is 34.8. The maximum absolute atomic E-state index is 14.4. The molecule has 1 atom stereocenters. The number of aromatic nitrogens is 1. The lowest BCUT2D eigenvalue weighted by Crippen LogP contribution is -2.40. The first-order chi connectivity index (χ1) is 23.7. The summed E-state index contributed by atoms with van der Waals surface area (Å²) in [5, 5.41) is 0. The van der Waals surface area contributed by atoms with Crippen LogP contribution in [-0.4, -0.2) is 31.4 Å². The van der Waals surface area contributed by atoms with E-state index in [2.05, 4.69) is 45.2 Å². The third-order valence-corrected chi connectivity index (χ3v) is 10.3. The summed E-state index contributed by atoms with van der Waals surface area (Å²) < 4.78 is 40.4. The van der Waals surface area contributed by atoms with Gasteiger partial charge in [0.05, 0.1) is 49.8 Å². The number of hydrogen-bond acceptors (Lipinski definition) is 8. The molecule has 0 fully saturated rings. The molecule has 5 aromatic rings. The fourth-order valence-electron chi connectivity index (χ4n) is 5.50. The van der Waals surface area contributed by atoms with Gasteiger partial charge in [-0.05, 0) is 99.6 Å². The number of carbonyl (C=O) groups is 1. The zero-order chi connectivity index (χ0) is 34.7. The molecule has 8 nitrogen and oxygen atoms in total. The Hall–Kier alpha value is -4.02. The van der Waals surface area contributed by atoms with Crippen molar-refractivity contribution in [2.24, 2.45) is 4.99 Å². The van der Waals surface area contributed by atoms with Gasteiger partial charge in [0.1, 0.15) is 18.2 Å². The SMILES string of the molecule is CCOC(=O)C1=C(c2ccccc2)N=c2s/c(=C\c3cc(I)c(OCc4ccccc4F)c(I)c3)c(=O)n2[C@@H]1c1ccc(OC)c(OC)c1. The van der Waals surface area contributed by atoms with E-state index in [1.54, 1.807) is 56.5 Å². The van der Waals surface area contributed by atoms with Gasteiger partial charge >= 0.3 is 5.97 Å². The molecule has 1 aromatic heterocycles. The Morgan fingerprint density at radius 3 is 2.33 bits per heavy atom. The zero-order valence-electron chi connectivity index (χ0n) is 26.5. The highest BCUT2D eigenvalue weighted by Gasteiger charge is 2.35. The second-order valence-corrected chi connectivity index (χ2v) is 14.1. The third kappa shape index (κ3) is 7.17. The Balaban J connectivity index is 1.51. The summed E-state index contributed by atoms with van der Waals surface area (Å²) >= 11 is 5.59. The van der Waals surface area contributed by atoms with Gasteiger partial charge in [0.2, 0.25) is 0 Å². The highest BCUT2D eigenvalue weighted by Crippen LogP contribution is 2.38. The molecule has 12 heteroatoms. The van der Waals surface area contributed by atoms with Crippen LogP contribution in [0.4, 0.5) is 4.39 Å². The Bertz CT molecular complexity index is 2250. The number of ether oxygens (including phenoxy) is 4. The molecule has 0 aliphatic carbocycles. The maximum atomic E-state index is 14.4. The van der Waals surface area contributed by atoms with Crippen LogP contribution >= 0.6 is 56.5 Å². The summed E-state index contributed by atoms with van der Waals surface area (Å²) in [7, 11) is 3.08. The number of nitrogens with zero attached hydrogens (tertiary/aromatic N) is 2. The Morgan fingerprint density at radius 2 is 1.65 bits per heavy atom. The molecule has 4 aromatic carbocycles. The molecule has 6 rings (SSSR count). The normalized spacial score (nSPS) is 14.2. The van der Waals surface area contributed by atoms with Crippen LogP contribution < -0.4 is 29.1 Å². The summed E-state index contributed by atoms with van der Waals surface area (Å²) in [6.45, 7) is 1.96. The van der Waals surface area contributed by atoms with Crippen LogP contribution in [0.25, 0.3) is 11.8 Å². The first-order valence-electron chi connectivity index (χ1n) is 15.1. The number of methoxy groups -OCH3 is 2. The van der Waals surface area contributed by atoms with E-state index in [0.29, 0.717) is 49.0 Å². The summed E-state index contributed by atoms with van der Waals surface area (Å²) in [6.07, 6.45) is 1.80. The second-order valence-electron chi connectivity index (χ2n) is 10.7. The van der Waals surface area contributed by atoms with Crippen LogP contribution in [0.5, 0.6) is 17.2 Å². The van der Waals surface area contributed by atoms with Crippen LogP contribution in [-0.2, 0) is 16.1 Å². The van der Waals surface area contributed by atoms with Gasteiger partial charge in [-0.15, -0.1) is 0 Å². The Morgan fingerprint density at radius 1 is 0.959 bits per heavy atom. The fourth-order valence-corrected chi connectivity index (χ4v) is 8.62. The fraction of sp³-hybridized carbons (Fsp3) is 0.162. The van der Waals surface area contributed by atoms with Gasteiger partial charge in [-0.2, -0.15) is 0 Å². The predicted octanol–water partition coefficient (Wildman–Crippen LogP) is 6.88. The minimum atomic E-state index is -0.873. The van der Waals surface area contributed by atoms with Gasteiger partial charge in [0.15, 0.2) is 16.3 Å². The molecule has 49 heavy (non-hydrogen) atoms. The van der Waals surface area contributed by atoms with Crippen LogP contribution in [0.15, 0.2) is 100 Å².